The number of hydrogen-bond donors (Lipinski definition) is 0. The van der Waals surface area contributed by atoms with Crippen molar-refractivity contribution < 1.29 is 24.2 Å². The van der Waals surface area contributed by atoms with Gasteiger partial charge in [-0.25, -0.2) is 0 Å². The zero-order valence-corrected chi connectivity index (χ0v) is 10.0. The summed E-state index contributed by atoms with van der Waals surface area (Å²) in [7, 11) is -9.67. The van der Waals surface area contributed by atoms with Gasteiger partial charge in [0.1, 0.15) is 0 Å². The van der Waals surface area contributed by atoms with Crippen LogP contribution in [0.5, 0.6) is 0 Å². The first-order valence-corrected chi connectivity index (χ1v) is 6.79. The van der Waals surface area contributed by atoms with Crippen molar-refractivity contribution in [2.24, 2.45) is 0 Å². The molecule has 0 heterocycles. The van der Waals surface area contributed by atoms with Crippen LogP contribution in [0.15, 0.2) is 28.7 Å². The molecule has 0 N–H and O–H groups in total. The molecule has 0 aromatic heterocycles. The zero-order valence-electron chi connectivity index (χ0n) is 7.60. The summed E-state index contributed by atoms with van der Waals surface area (Å²) < 4.78 is 60.5. The number of halogens is 6. The van der Waals surface area contributed by atoms with Gasteiger partial charge in [0.2, 0.25) is 0 Å². The highest BCUT2D eigenvalue weighted by molar-refractivity contribution is 9.10. The van der Waals surface area contributed by atoms with Gasteiger partial charge in [0.25, 0.3) is 10.2 Å². The Labute approximate surface area is 96.5 Å². The molecule has 1 rings (SSSR count). The molecular formula is C8H6BrF5OS. The van der Waals surface area contributed by atoms with E-state index in [0.29, 0.717) is 4.47 Å². The predicted molar refractivity (Wildman–Crippen MR) is 56.5 cm³/mol. The maximum Gasteiger partial charge on any atom is 0.292 e. The Morgan fingerprint density at radius 2 is 1.50 bits per heavy atom. The first kappa shape index (κ1) is 13.4. The Balaban J connectivity index is 2.95. The van der Waals surface area contributed by atoms with Crippen molar-refractivity contribution in [1.29, 1.82) is 0 Å². The van der Waals surface area contributed by atoms with Crippen molar-refractivity contribution in [1.82, 2.24) is 0 Å². The number of ketones is 1. The van der Waals surface area contributed by atoms with Gasteiger partial charge in [-0.2, -0.15) is 0 Å². The summed E-state index contributed by atoms with van der Waals surface area (Å²) in [4.78, 5) is 11.0. The van der Waals surface area contributed by atoms with Gasteiger partial charge in [0, 0.05) is 10.0 Å². The number of benzene rings is 1. The normalized spacial score (nSPS) is 16.4. The van der Waals surface area contributed by atoms with Crippen LogP contribution >= 0.6 is 26.2 Å². The Hall–Kier alpha value is -0.630. The largest absolute Gasteiger partial charge is 0.293 e. The van der Waals surface area contributed by atoms with Gasteiger partial charge in [0.05, 0.1) is 0 Å². The van der Waals surface area contributed by atoms with E-state index in [1.54, 1.807) is 0 Å². The average Bonchev–Trinajstić information content (AvgIpc) is 1.99. The highest BCUT2D eigenvalue weighted by Crippen LogP contribution is 2.97. The van der Waals surface area contributed by atoms with E-state index in [0.717, 1.165) is 12.1 Å². The highest BCUT2D eigenvalue weighted by Gasteiger charge is 2.64. The van der Waals surface area contributed by atoms with Crippen molar-refractivity contribution >= 4 is 31.9 Å². The molecule has 0 bridgehead atoms. The number of carbonyl (C=O) groups excluding carboxylic acids is 1. The van der Waals surface area contributed by atoms with E-state index in [-0.39, 0.29) is 0 Å². The van der Waals surface area contributed by atoms with E-state index in [9.17, 15) is 24.2 Å². The monoisotopic (exact) mass is 324 g/mol. The quantitative estimate of drug-likeness (QED) is 0.569. The molecule has 0 unspecified atom stereocenters. The van der Waals surface area contributed by atoms with Crippen LogP contribution in [-0.4, -0.2) is 11.5 Å². The van der Waals surface area contributed by atoms with Gasteiger partial charge in [-0.05, 0) is 12.1 Å². The van der Waals surface area contributed by atoms with E-state index in [1.807, 2.05) is 0 Å². The third-order valence-electron chi connectivity index (χ3n) is 1.57. The Bertz CT molecular complexity index is 423. The smallest absolute Gasteiger partial charge is 0.292 e. The first-order valence-electron chi connectivity index (χ1n) is 3.88. The van der Waals surface area contributed by atoms with E-state index < -0.39 is 27.3 Å². The van der Waals surface area contributed by atoms with Gasteiger partial charge >= 0.3 is 0 Å². The fourth-order valence-corrected chi connectivity index (χ4v) is 1.89. The summed E-state index contributed by atoms with van der Waals surface area (Å²) in [5.74, 6) is -4.33. The van der Waals surface area contributed by atoms with Gasteiger partial charge in [-0.3, -0.25) is 4.79 Å². The summed E-state index contributed by atoms with van der Waals surface area (Å²) in [6, 6.07) is 4.71. The lowest BCUT2D eigenvalue weighted by atomic mass is 10.2. The standard InChI is InChI=1S/C8H6BrF5OS/c9-7-3-1-6(2-4-7)8(15)5-16(10,11,12,13)14/h1-4H,5H2. The molecule has 16 heavy (non-hydrogen) atoms. The molecule has 0 aliphatic carbocycles. The summed E-state index contributed by atoms with van der Waals surface area (Å²) in [6.45, 7) is 0. The maximum atomic E-state index is 12.0. The summed E-state index contributed by atoms with van der Waals surface area (Å²) in [5, 5.41) is 0. The van der Waals surface area contributed by atoms with Gasteiger partial charge in [-0.15, -0.1) is 0 Å². The third-order valence-corrected chi connectivity index (χ3v) is 2.91. The first-order chi connectivity index (χ1) is 6.86. The molecule has 1 aromatic rings. The van der Waals surface area contributed by atoms with Crippen LogP contribution in [0, 0.1) is 0 Å². The molecule has 0 amide bonds. The molecule has 0 aliphatic heterocycles. The fraction of sp³-hybridized carbons (Fsp3) is 0.125. The van der Waals surface area contributed by atoms with Crippen molar-refractivity contribution in [2.75, 3.05) is 5.75 Å². The van der Waals surface area contributed by atoms with Crippen molar-refractivity contribution in [3.63, 3.8) is 0 Å². The predicted octanol–water partition coefficient (Wildman–Crippen LogP) is 4.93. The Kier molecular flexibility index (Phi) is 2.68. The van der Waals surface area contributed by atoms with Crippen molar-refractivity contribution in [3.05, 3.63) is 34.3 Å². The summed E-state index contributed by atoms with van der Waals surface area (Å²) in [5.41, 5.74) is -0.392. The number of carbonyl (C=O) groups is 1. The average molecular weight is 325 g/mol. The summed E-state index contributed by atoms with van der Waals surface area (Å²) in [6.07, 6.45) is 0. The maximum absolute atomic E-state index is 12.0. The van der Waals surface area contributed by atoms with Crippen LogP contribution in [0.1, 0.15) is 10.4 Å². The molecule has 0 fully saturated rings. The van der Waals surface area contributed by atoms with Gasteiger partial charge in [-0.1, -0.05) is 47.5 Å². The Morgan fingerprint density at radius 1 is 1.06 bits per heavy atom. The second-order valence-corrected chi connectivity index (χ2v) is 6.67. The molecule has 0 spiro atoms. The lowest BCUT2D eigenvalue weighted by molar-refractivity contribution is 0.101. The Morgan fingerprint density at radius 3 is 1.88 bits per heavy atom. The molecule has 1 nitrogen and oxygen atoms in total. The van der Waals surface area contributed by atoms with Crippen molar-refractivity contribution in [3.8, 4) is 0 Å². The number of hydrogen-bond acceptors (Lipinski definition) is 1. The minimum Gasteiger partial charge on any atom is -0.293 e. The SMILES string of the molecule is O=C(CS(F)(F)(F)(F)F)c1ccc(Br)cc1. The fourth-order valence-electron chi connectivity index (χ4n) is 0.967. The van der Waals surface area contributed by atoms with Gasteiger partial charge in [0.15, 0.2) is 11.5 Å². The van der Waals surface area contributed by atoms with Crippen LogP contribution in [0.4, 0.5) is 19.4 Å². The van der Waals surface area contributed by atoms with Crippen molar-refractivity contribution in [2.45, 2.75) is 0 Å². The van der Waals surface area contributed by atoms with E-state index in [2.05, 4.69) is 15.9 Å². The molecular weight excluding hydrogens is 319 g/mol. The molecule has 8 heteroatoms. The van der Waals surface area contributed by atoms with Crippen LogP contribution < -0.4 is 0 Å². The second kappa shape index (κ2) is 3.19. The summed E-state index contributed by atoms with van der Waals surface area (Å²) >= 11 is 3.00. The molecule has 1 aromatic carbocycles. The van der Waals surface area contributed by atoms with Gasteiger partial charge < -0.3 is 0 Å². The van der Waals surface area contributed by atoms with Crippen LogP contribution in [0.3, 0.4) is 0 Å². The van der Waals surface area contributed by atoms with E-state index in [4.69, 9.17) is 0 Å². The molecule has 0 radical (unpaired) electrons. The number of rotatable bonds is 3. The highest BCUT2D eigenvalue weighted by atomic mass is 79.9. The van der Waals surface area contributed by atoms with E-state index in [1.165, 1.54) is 12.1 Å². The van der Waals surface area contributed by atoms with Crippen LogP contribution in [-0.2, 0) is 0 Å². The number of Topliss-reactive ketones (excluding diaryl/α,β-unsaturated/α-hetero) is 1. The molecule has 92 valence electrons. The minimum absolute atomic E-state index is 0.392. The topological polar surface area (TPSA) is 17.1 Å². The van der Waals surface area contributed by atoms with E-state index >= 15 is 0 Å². The lowest BCUT2D eigenvalue weighted by Crippen LogP contribution is -2.19. The molecule has 0 aliphatic rings. The van der Waals surface area contributed by atoms with Crippen LogP contribution in [0.25, 0.3) is 0 Å². The third kappa shape index (κ3) is 4.93. The molecule has 0 saturated heterocycles. The zero-order chi connectivity index (χ0) is 12.7. The minimum atomic E-state index is -9.67. The molecule has 0 saturated carbocycles. The molecule has 0 atom stereocenters. The van der Waals surface area contributed by atoms with Crippen LogP contribution in [0.2, 0.25) is 0 Å². The second-order valence-electron chi connectivity index (χ2n) is 3.20. The lowest BCUT2D eigenvalue weighted by Gasteiger charge is -2.39.